The highest BCUT2D eigenvalue weighted by Crippen LogP contribution is 2.52. The zero-order chi connectivity index (χ0) is 18.5. The summed E-state index contributed by atoms with van der Waals surface area (Å²) in [6.45, 7) is 1.88. The van der Waals surface area contributed by atoms with Crippen LogP contribution < -0.4 is 0 Å². The first-order valence-corrected chi connectivity index (χ1v) is 10.0. The molecular formula is C15H14ClN5O3S2. The maximum absolute atomic E-state index is 11.8. The Morgan fingerprint density at radius 3 is 2.85 bits per heavy atom. The number of aromatic nitrogens is 4. The van der Waals surface area contributed by atoms with Gasteiger partial charge in [-0.25, -0.2) is 4.79 Å². The molecule has 4 rings (SSSR count). The number of hydrogen-bond acceptors (Lipinski definition) is 7. The lowest BCUT2D eigenvalue weighted by atomic mass is 9.98. The van der Waals surface area contributed by atoms with Crippen LogP contribution in [-0.2, 0) is 9.59 Å². The van der Waals surface area contributed by atoms with Gasteiger partial charge in [0.25, 0.3) is 0 Å². The molecule has 3 unspecified atom stereocenters. The molecule has 8 nitrogen and oxygen atoms in total. The first kappa shape index (κ1) is 17.6. The van der Waals surface area contributed by atoms with Crippen LogP contribution in [0.3, 0.4) is 0 Å². The fraction of sp³-hybridized carbons (Fsp3) is 0.400. The summed E-state index contributed by atoms with van der Waals surface area (Å²) in [4.78, 5) is 25.1. The van der Waals surface area contributed by atoms with Gasteiger partial charge in [0.05, 0.1) is 22.2 Å². The molecule has 0 spiro atoms. The lowest BCUT2D eigenvalue weighted by Crippen LogP contribution is -2.57. The van der Waals surface area contributed by atoms with Crippen molar-refractivity contribution in [3.63, 3.8) is 0 Å². The van der Waals surface area contributed by atoms with Crippen LogP contribution in [0.15, 0.2) is 29.4 Å². The highest BCUT2D eigenvalue weighted by Gasteiger charge is 2.60. The molecule has 3 heterocycles. The van der Waals surface area contributed by atoms with E-state index in [1.54, 1.807) is 28.9 Å². The van der Waals surface area contributed by atoms with Crippen LogP contribution >= 0.6 is 35.1 Å². The van der Waals surface area contributed by atoms with Crippen LogP contribution in [0.5, 0.6) is 0 Å². The van der Waals surface area contributed by atoms with Crippen LogP contribution in [0.2, 0.25) is 5.02 Å². The molecule has 26 heavy (non-hydrogen) atoms. The van der Waals surface area contributed by atoms with E-state index in [0.717, 1.165) is 5.69 Å². The molecule has 1 aromatic heterocycles. The van der Waals surface area contributed by atoms with Gasteiger partial charge >= 0.3 is 5.97 Å². The number of benzene rings is 1. The van der Waals surface area contributed by atoms with Crippen molar-refractivity contribution in [3.8, 4) is 5.69 Å². The van der Waals surface area contributed by atoms with Gasteiger partial charge in [0.1, 0.15) is 6.04 Å². The number of aliphatic carboxylic acids is 1. The lowest BCUT2D eigenvalue weighted by Gasteiger charge is -2.36. The zero-order valence-electron chi connectivity index (χ0n) is 13.6. The number of β-lactam (4-membered cyclic amide) rings is 1. The van der Waals surface area contributed by atoms with Crippen LogP contribution in [0.1, 0.15) is 13.3 Å². The van der Waals surface area contributed by atoms with Gasteiger partial charge < -0.3 is 10.0 Å². The minimum absolute atomic E-state index is 0.0542. The molecule has 11 heteroatoms. The van der Waals surface area contributed by atoms with E-state index in [1.165, 1.54) is 28.4 Å². The number of halogens is 1. The summed E-state index contributed by atoms with van der Waals surface area (Å²) in [6, 6.07) is 6.26. The van der Waals surface area contributed by atoms with Crippen molar-refractivity contribution in [1.29, 1.82) is 0 Å². The third kappa shape index (κ3) is 2.85. The molecule has 0 aliphatic carbocycles. The second-order valence-electron chi connectivity index (χ2n) is 6.27. The summed E-state index contributed by atoms with van der Waals surface area (Å²) >= 11 is 8.82. The summed E-state index contributed by atoms with van der Waals surface area (Å²) < 4.78 is 0.962. The lowest BCUT2D eigenvalue weighted by molar-refractivity contribution is -0.157. The second kappa shape index (κ2) is 6.43. The standard InChI is InChI=1S/C15H14ClN5O3S2/c1-15(12(13(23)24)20-10(22)6-11(20)26-15)7-25-14-17-18-19-21(14)9-4-2-8(16)3-5-9/h2-5,11-12H,6-7H2,1H3,(H,23,24). The van der Waals surface area contributed by atoms with E-state index >= 15 is 0 Å². The highest BCUT2D eigenvalue weighted by atomic mass is 35.5. The molecule has 0 radical (unpaired) electrons. The van der Waals surface area contributed by atoms with E-state index in [9.17, 15) is 14.7 Å². The SMILES string of the molecule is CC1(CSc2nnnn2-c2ccc(Cl)cc2)SC2CC(=O)N2C1C(=O)O. The monoisotopic (exact) mass is 411 g/mol. The molecule has 1 aromatic carbocycles. The third-order valence-electron chi connectivity index (χ3n) is 4.44. The van der Waals surface area contributed by atoms with Gasteiger partial charge in [-0.1, -0.05) is 23.4 Å². The summed E-state index contributed by atoms with van der Waals surface area (Å²) in [7, 11) is 0. The van der Waals surface area contributed by atoms with Crippen LogP contribution in [-0.4, -0.2) is 64.0 Å². The number of nitrogens with zero attached hydrogens (tertiary/aromatic N) is 5. The first-order chi connectivity index (χ1) is 12.4. The summed E-state index contributed by atoms with van der Waals surface area (Å²) in [5.74, 6) is -0.619. The van der Waals surface area contributed by atoms with Crippen molar-refractivity contribution in [1.82, 2.24) is 25.1 Å². The zero-order valence-corrected chi connectivity index (χ0v) is 16.0. The molecule has 0 bridgehead atoms. The van der Waals surface area contributed by atoms with Gasteiger partial charge in [0, 0.05) is 10.8 Å². The fourth-order valence-corrected chi connectivity index (χ4v) is 6.24. The Bertz CT molecular complexity index is 876. The molecular weight excluding hydrogens is 398 g/mol. The van der Waals surface area contributed by atoms with Gasteiger partial charge in [0.2, 0.25) is 11.1 Å². The number of carboxylic acids is 1. The predicted molar refractivity (Wildman–Crippen MR) is 97.6 cm³/mol. The topological polar surface area (TPSA) is 101 Å². The van der Waals surface area contributed by atoms with Crippen molar-refractivity contribution in [3.05, 3.63) is 29.3 Å². The number of carbonyl (C=O) groups excluding carboxylic acids is 1. The Labute approximate surface area is 162 Å². The molecule has 1 amide bonds. The van der Waals surface area contributed by atoms with Crippen LogP contribution in [0, 0.1) is 0 Å². The number of amides is 1. The molecule has 136 valence electrons. The molecule has 2 aliphatic rings. The van der Waals surface area contributed by atoms with Crippen molar-refractivity contribution >= 4 is 47.0 Å². The van der Waals surface area contributed by atoms with Crippen LogP contribution in [0.25, 0.3) is 5.69 Å². The molecule has 1 N–H and O–H groups in total. The molecule has 2 aliphatic heterocycles. The van der Waals surface area contributed by atoms with Gasteiger partial charge in [-0.2, -0.15) is 4.68 Å². The summed E-state index contributed by atoms with van der Waals surface area (Å²) in [5, 5.41) is 22.5. The van der Waals surface area contributed by atoms with E-state index in [2.05, 4.69) is 15.5 Å². The Balaban J connectivity index is 1.54. The van der Waals surface area contributed by atoms with Crippen molar-refractivity contribution in [2.75, 3.05) is 5.75 Å². The van der Waals surface area contributed by atoms with E-state index in [1.807, 2.05) is 6.92 Å². The van der Waals surface area contributed by atoms with Crippen molar-refractivity contribution in [2.24, 2.45) is 0 Å². The minimum atomic E-state index is -0.978. The maximum Gasteiger partial charge on any atom is 0.327 e. The molecule has 3 atom stereocenters. The Morgan fingerprint density at radius 1 is 1.46 bits per heavy atom. The maximum atomic E-state index is 11.8. The number of tetrazole rings is 1. The predicted octanol–water partition coefficient (Wildman–Crippen LogP) is 1.92. The molecule has 2 fully saturated rings. The number of hydrogen-bond donors (Lipinski definition) is 1. The summed E-state index contributed by atoms with van der Waals surface area (Å²) in [5.41, 5.74) is 0.764. The van der Waals surface area contributed by atoms with Gasteiger partial charge in [-0.05, 0) is 41.6 Å². The average molecular weight is 412 g/mol. The first-order valence-electron chi connectivity index (χ1n) is 7.78. The smallest absolute Gasteiger partial charge is 0.327 e. The number of thioether (sulfide) groups is 2. The van der Waals surface area contributed by atoms with E-state index in [4.69, 9.17) is 11.6 Å². The Kier molecular flexibility index (Phi) is 4.36. The molecule has 2 saturated heterocycles. The Hall–Kier alpha value is -1.78. The quantitative estimate of drug-likeness (QED) is 0.588. The number of carbonyl (C=O) groups is 2. The van der Waals surface area contributed by atoms with E-state index in [0.29, 0.717) is 22.4 Å². The average Bonchev–Trinajstić information content (AvgIpc) is 3.14. The van der Waals surface area contributed by atoms with Crippen LogP contribution in [0.4, 0.5) is 0 Å². The number of fused-ring (bicyclic) bond motifs is 1. The number of carboxylic acid groups (broad SMARTS) is 1. The van der Waals surface area contributed by atoms with Gasteiger partial charge in [-0.15, -0.1) is 16.9 Å². The van der Waals surface area contributed by atoms with Crippen molar-refractivity contribution < 1.29 is 14.7 Å². The van der Waals surface area contributed by atoms with Gasteiger partial charge in [0.15, 0.2) is 0 Å². The van der Waals surface area contributed by atoms with Gasteiger partial charge in [-0.3, -0.25) is 4.79 Å². The largest absolute Gasteiger partial charge is 0.480 e. The van der Waals surface area contributed by atoms with Crippen molar-refractivity contribution in [2.45, 2.75) is 34.7 Å². The fourth-order valence-electron chi connectivity index (χ4n) is 3.19. The highest BCUT2D eigenvalue weighted by molar-refractivity contribution is 8.04. The normalized spacial score (nSPS) is 27.3. The van der Waals surface area contributed by atoms with E-state index in [-0.39, 0.29) is 11.3 Å². The number of rotatable bonds is 5. The Morgan fingerprint density at radius 2 is 2.19 bits per heavy atom. The minimum Gasteiger partial charge on any atom is -0.480 e. The third-order valence-corrected chi connectivity index (χ3v) is 7.71. The molecule has 0 saturated carbocycles. The summed E-state index contributed by atoms with van der Waals surface area (Å²) in [6.07, 6.45) is 0.400. The second-order valence-corrected chi connectivity index (χ2v) is 9.36. The van der Waals surface area contributed by atoms with E-state index < -0.39 is 16.8 Å². The molecule has 2 aromatic rings.